The lowest BCUT2D eigenvalue weighted by Crippen LogP contribution is -2.15. The van der Waals surface area contributed by atoms with Gasteiger partial charge in [-0.2, -0.15) is 0 Å². The monoisotopic (exact) mass is 806 g/mol. The third-order valence-corrected chi connectivity index (χ3v) is 14.9. The highest BCUT2D eigenvalue weighted by Gasteiger charge is 2.38. The Morgan fingerprint density at radius 2 is 0.857 bits per heavy atom. The van der Waals surface area contributed by atoms with E-state index in [1.165, 1.54) is 99.4 Å². The van der Waals surface area contributed by atoms with Crippen molar-refractivity contribution in [2.24, 2.45) is 0 Å². The topological polar surface area (TPSA) is 23.0 Å². The van der Waals surface area contributed by atoms with Crippen LogP contribution in [0.2, 0.25) is 0 Å². The van der Waals surface area contributed by atoms with Crippen molar-refractivity contribution in [3.05, 3.63) is 204 Å². The summed E-state index contributed by atoms with van der Waals surface area (Å²) in [5.41, 5.74) is 22.0. The summed E-state index contributed by atoms with van der Waals surface area (Å²) in [5.74, 6) is 0. The van der Waals surface area contributed by atoms with Crippen molar-refractivity contribution in [3.8, 4) is 44.8 Å². The average Bonchev–Trinajstić information content (AvgIpc) is 4.06. The zero-order valence-corrected chi connectivity index (χ0v) is 35.6. The third-order valence-electron chi connectivity index (χ3n) is 14.9. The maximum Gasteiger partial charge on any atom is 0.137 e. The van der Waals surface area contributed by atoms with Crippen LogP contribution >= 0.6 is 0 Å². The Morgan fingerprint density at radius 1 is 0.317 bits per heavy atom. The van der Waals surface area contributed by atoms with Crippen molar-refractivity contribution in [1.29, 1.82) is 0 Å². The summed E-state index contributed by atoms with van der Waals surface area (Å²) in [6.07, 6.45) is 0. The van der Waals surface area contributed by atoms with Crippen molar-refractivity contribution in [1.82, 2.24) is 9.13 Å². The highest BCUT2D eigenvalue weighted by Crippen LogP contribution is 2.53. The van der Waals surface area contributed by atoms with E-state index in [-0.39, 0.29) is 10.8 Å². The smallest absolute Gasteiger partial charge is 0.137 e. The lowest BCUT2D eigenvalue weighted by Gasteiger charge is -2.23. The molecule has 0 fully saturated rings. The first-order valence-electron chi connectivity index (χ1n) is 22.2. The molecule has 2 aliphatic carbocycles. The molecule has 0 saturated carbocycles. The van der Waals surface area contributed by atoms with Gasteiger partial charge in [0, 0.05) is 60.6 Å². The van der Waals surface area contributed by atoms with Crippen molar-refractivity contribution in [2.45, 2.75) is 38.5 Å². The molecule has 3 nitrogen and oxygen atoms in total. The first kappa shape index (κ1) is 35.0. The number of hydrogen-bond acceptors (Lipinski definition) is 1. The van der Waals surface area contributed by atoms with Gasteiger partial charge in [-0.05, 0) is 128 Å². The Hall–Kier alpha value is -7.62. The quantitative estimate of drug-likeness (QED) is 0.174. The van der Waals surface area contributed by atoms with E-state index in [1.54, 1.807) is 0 Å². The van der Waals surface area contributed by atoms with E-state index in [1.807, 2.05) is 6.07 Å². The summed E-state index contributed by atoms with van der Waals surface area (Å²) in [4.78, 5) is 0. The normalized spacial score (nSPS) is 14.6. The highest BCUT2D eigenvalue weighted by molar-refractivity contribution is 6.18. The molecule has 0 saturated heterocycles. The summed E-state index contributed by atoms with van der Waals surface area (Å²) < 4.78 is 11.4. The molecule has 0 bridgehead atoms. The number of nitrogens with zero attached hydrogens (tertiary/aromatic N) is 2. The molecule has 2 aliphatic rings. The molecular weight excluding hydrogens is 765 g/mol. The number of rotatable bonds is 3. The fourth-order valence-electron chi connectivity index (χ4n) is 11.8. The van der Waals surface area contributed by atoms with E-state index in [2.05, 4.69) is 213 Å². The largest absolute Gasteiger partial charge is 0.456 e. The molecule has 0 radical (unpaired) electrons. The van der Waals surface area contributed by atoms with E-state index < -0.39 is 0 Å². The van der Waals surface area contributed by atoms with Crippen LogP contribution in [0.4, 0.5) is 0 Å². The van der Waals surface area contributed by atoms with Crippen LogP contribution in [0.25, 0.3) is 110 Å². The van der Waals surface area contributed by atoms with E-state index in [4.69, 9.17) is 4.42 Å². The van der Waals surface area contributed by atoms with Gasteiger partial charge in [0.1, 0.15) is 11.2 Å². The van der Waals surface area contributed by atoms with Crippen LogP contribution in [0.3, 0.4) is 0 Å². The third kappa shape index (κ3) is 4.59. The van der Waals surface area contributed by atoms with Gasteiger partial charge in [0.25, 0.3) is 0 Å². The molecule has 3 heterocycles. The van der Waals surface area contributed by atoms with Crippen molar-refractivity contribution >= 4 is 65.6 Å². The van der Waals surface area contributed by atoms with E-state index in [0.717, 1.165) is 33.1 Å². The number of hydrogen-bond donors (Lipinski definition) is 0. The zero-order valence-electron chi connectivity index (χ0n) is 35.6. The van der Waals surface area contributed by atoms with E-state index in [0.29, 0.717) is 0 Å². The molecule has 0 spiro atoms. The Morgan fingerprint density at radius 3 is 1.57 bits per heavy atom. The van der Waals surface area contributed by atoms with Crippen LogP contribution in [0, 0.1) is 0 Å². The molecular formula is C60H42N2O. The molecule has 9 aromatic carbocycles. The molecule has 3 aromatic heterocycles. The number of fused-ring (bicyclic) bond motifs is 15. The number of para-hydroxylation sites is 2. The molecule has 0 unspecified atom stereocenters. The van der Waals surface area contributed by atoms with Gasteiger partial charge in [-0.3, -0.25) is 0 Å². The summed E-state index contributed by atoms with van der Waals surface area (Å²) >= 11 is 0. The Kier molecular flexibility index (Phi) is 6.70. The lowest BCUT2D eigenvalue weighted by molar-refractivity contribution is 0.659. The number of aromatic nitrogens is 2. The molecule has 0 N–H and O–H groups in total. The van der Waals surface area contributed by atoms with Gasteiger partial charge < -0.3 is 13.6 Å². The Bertz CT molecular complexity index is 3960. The van der Waals surface area contributed by atoms with Crippen LogP contribution in [0.1, 0.15) is 49.9 Å². The van der Waals surface area contributed by atoms with Crippen LogP contribution < -0.4 is 0 Å². The number of furan rings is 1. The van der Waals surface area contributed by atoms with E-state index in [9.17, 15) is 0 Å². The minimum Gasteiger partial charge on any atom is -0.456 e. The standard InChI is InChI=1S/C60H42N2O/c1-59(2)49-19-11-8-16-39(49)41-25-24-38(30-51(41)59)62-54-27-23-36(28-44(54)46-31-43-40-17-9-12-20-50(40)60(3,4)52(43)33-55(46)62)35-22-26-53-45(29-35)47-32-48-42-18-10-13-21-57(42)63-58(48)34-56(47)61(53)37-14-6-5-7-15-37/h5-34H,1-4H3. The van der Waals surface area contributed by atoms with Crippen molar-refractivity contribution in [3.63, 3.8) is 0 Å². The minimum absolute atomic E-state index is 0.0997. The van der Waals surface area contributed by atoms with Gasteiger partial charge in [0.15, 0.2) is 0 Å². The number of benzene rings is 9. The SMILES string of the molecule is CC1(C)c2ccccc2-c2ccc(-n3c4ccc(-c5ccc6c(c5)c5cc7c(cc5n6-c5ccccc5)oc5ccccc57)cc4c4cc5c(cc43)C(C)(C)c3ccccc3-5)cc21. The second-order valence-corrected chi connectivity index (χ2v) is 18.9. The summed E-state index contributed by atoms with van der Waals surface area (Å²) in [6, 6.07) is 67.9. The maximum absolute atomic E-state index is 6.44. The summed E-state index contributed by atoms with van der Waals surface area (Å²) in [7, 11) is 0. The average molecular weight is 807 g/mol. The van der Waals surface area contributed by atoms with Crippen LogP contribution in [-0.4, -0.2) is 9.13 Å². The molecule has 0 atom stereocenters. The molecule has 0 aliphatic heterocycles. The maximum atomic E-state index is 6.44. The summed E-state index contributed by atoms with van der Waals surface area (Å²) in [5, 5.41) is 7.25. The van der Waals surface area contributed by atoms with Gasteiger partial charge >= 0.3 is 0 Å². The molecule has 298 valence electrons. The second-order valence-electron chi connectivity index (χ2n) is 18.9. The minimum atomic E-state index is -0.114. The van der Waals surface area contributed by atoms with E-state index >= 15 is 0 Å². The molecule has 0 amide bonds. The van der Waals surface area contributed by atoms with Crippen LogP contribution in [0.15, 0.2) is 186 Å². The van der Waals surface area contributed by atoms with Crippen LogP contribution in [0.5, 0.6) is 0 Å². The first-order chi connectivity index (χ1) is 30.7. The Balaban J connectivity index is 1.02. The van der Waals surface area contributed by atoms with Gasteiger partial charge in [-0.25, -0.2) is 0 Å². The van der Waals surface area contributed by atoms with Gasteiger partial charge in [0.2, 0.25) is 0 Å². The molecule has 12 aromatic rings. The predicted octanol–water partition coefficient (Wildman–Crippen LogP) is 16.1. The highest BCUT2D eigenvalue weighted by atomic mass is 16.3. The predicted molar refractivity (Wildman–Crippen MR) is 263 cm³/mol. The fourth-order valence-corrected chi connectivity index (χ4v) is 11.8. The van der Waals surface area contributed by atoms with Crippen molar-refractivity contribution < 1.29 is 4.42 Å². The second kappa shape index (κ2) is 12.1. The van der Waals surface area contributed by atoms with Gasteiger partial charge in [0.05, 0.1) is 22.1 Å². The molecule has 3 heteroatoms. The van der Waals surface area contributed by atoms with Crippen molar-refractivity contribution in [2.75, 3.05) is 0 Å². The molecule has 14 rings (SSSR count). The Labute approximate surface area is 365 Å². The van der Waals surface area contributed by atoms with Gasteiger partial charge in [-0.15, -0.1) is 0 Å². The first-order valence-corrected chi connectivity index (χ1v) is 22.2. The molecule has 63 heavy (non-hydrogen) atoms. The van der Waals surface area contributed by atoms with Gasteiger partial charge in [-0.1, -0.05) is 131 Å². The van der Waals surface area contributed by atoms with Crippen LogP contribution in [-0.2, 0) is 10.8 Å². The zero-order chi connectivity index (χ0) is 41.9. The lowest BCUT2D eigenvalue weighted by atomic mass is 9.82. The fraction of sp³-hybridized carbons (Fsp3) is 0.100. The summed E-state index contributed by atoms with van der Waals surface area (Å²) in [6.45, 7) is 9.52.